The van der Waals surface area contributed by atoms with Crippen molar-refractivity contribution in [2.45, 2.75) is 50.9 Å². The molecular weight excluding hydrogens is 291 g/mol. The number of alkyl halides is 3. The number of hydrogen-bond acceptors (Lipinski definition) is 2. The third-order valence-electron chi connectivity index (χ3n) is 5.21. The fourth-order valence-electron chi connectivity index (χ4n) is 4.09. The van der Waals surface area contributed by atoms with Gasteiger partial charge in [0.2, 0.25) is 0 Å². The molecule has 1 aliphatic carbocycles. The molecule has 1 aromatic carbocycles. The minimum absolute atomic E-state index is 0.0279. The summed E-state index contributed by atoms with van der Waals surface area (Å²) in [5, 5.41) is 10.3. The lowest BCUT2D eigenvalue weighted by atomic mass is 9.76. The first kappa shape index (κ1) is 15.8. The molecule has 3 rings (SSSR count). The van der Waals surface area contributed by atoms with Crippen molar-refractivity contribution in [3.63, 3.8) is 0 Å². The number of likely N-dealkylation sites (tertiary alicyclic amines) is 1. The van der Waals surface area contributed by atoms with Gasteiger partial charge in [-0.2, -0.15) is 13.2 Å². The summed E-state index contributed by atoms with van der Waals surface area (Å²) in [5.41, 5.74) is 0.0804. The van der Waals surface area contributed by atoms with Gasteiger partial charge in [0.1, 0.15) is 0 Å². The zero-order valence-corrected chi connectivity index (χ0v) is 12.6. The van der Waals surface area contributed by atoms with Gasteiger partial charge in [0.15, 0.2) is 0 Å². The summed E-state index contributed by atoms with van der Waals surface area (Å²) in [7, 11) is 0. The highest BCUT2D eigenvalue weighted by molar-refractivity contribution is 5.25. The minimum atomic E-state index is -4.29. The molecule has 0 amide bonds. The van der Waals surface area contributed by atoms with E-state index in [1.165, 1.54) is 12.1 Å². The number of halogens is 3. The monoisotopic (exact) mass is 313 g/mol. The Morgan fingerprint density at radius 2 is 2.00 bits per heavy atom. The summed E-state index contributed by atoms with van der Waals surface area (Å²) in [6.45, 7) is 2.22. The Morgan fingerprint density at radius 3 is 2.68 bits per heavy atom. The molecule has 22 heavy (non-hydrogen) atoms. The van der Waals surface area contributed by atoms with Crippen LogP contribution < -0.4 is 0 Å². The molecule has 2 nitrogen and oxygen atoms in total. The van der Waals surface area contributed by atoms with Crippen LogP contribution in [0.1, 0.15) is 43.2 Å². The summed E-state index contributed by atoms with van der Waals surface area (Å²) < 4.78 is 38.4. The van der Waals surface area contributed by atoms with Crippen molar-refractivity contribution >= 4 is 0 Å². The molecule has 1 spiro atoms. The third-order valence-corrected chi connectivity index (χ3v) is 5.21. The Kier molecular flexibility index (Phi) is 4.21. The van der Waals surface area contributed by atoms with Crippen molar-refractivity contribution in [3.8, 4) is 0 Å². The second-order valence-corrected chi connectivity index (χ2v) is 6.78. The molecule has 1 aliphatic heterocycles. The van der Waals surface area contributed by atoms with E-state index in [2.05, 4.69) is 4.90 Å². The van der Waals surface area contributed by atoms with Crippen molar-refractivity contribution in [1.29, 1.82) is 0 Å². The van der Waals surface area contributed by atoms with E-state index in [-0.39, 0.29) is 11.5 Å². The molecule has 2 atom stereocenters. The number of nitrogens with zero attached hydrogens (tertiary/aromatic N) is 1. The highest BCUT2D eigenvalue weighted by atomic mass is 19.4. The highest BCUT2D eigenvalue weighted by Gasteiger charge is 2.44. The Bertz CT molecular complexity index is 531. The van der Waals surface area contributed by atoms with Gasteiger partial charge in [0, 0.05) is 18.5 Å². The van der Waals surface area contributed by atoms with E-state index in [1.54, 1.807) is 6.07 Å². The van der Waals surface area contributed by atoms with Gasteiger partial charge in [0.05, 0.1) is 11.7 Å². The normalized spacial score (nSPS) is 30.1. The molecule has 0 unspecified atom stereocenters. The van der Waals surface area contributed by atoms with E-state index < -0.39 is 11.7 Å². The number of aliphatic hydroxyl groups excluding tert-OH is 1. The van der Waals surface area contributed by atoms with E-state index in [1.807, 2.05) is 0 Å². The largest absolute Gasteiger partial charge is 0.416 e. The minimum Gasteiger partial charge on any atom is -0.393 e. The molecule has 2 fully saturated rings. The molecule has 0 bridgehead atoms. The van der Waals surface area contributed by atoms with Crippen LogP contribution in [-0.4, -0.2) is 29.2 Å². The average Bonchev–Trinajstić information content (AvgIpc) is 2.79. The van der Waals surface area contributed by atoms with E-state index >= 15 is 0 Å². The number of hydrogen-bond donors (Lipinski definition) is 1. The van der Waals surface area contributed by atoms with Gasteiger partial charge >= 0.3 is 6.18 Å². The van der Waals surface area contributed by atoms with Gasteiger partial charge in [-0.25, -0.2) is 0 Å². The molecule has 2 aliphatic rings. The van der Waals surface area contributed by atoms with Crippen LogP contribution in [0.4, 0.5) is 13.2 Å². The van der Waals surface area contributed by atoms with Crippen LogP contribution in [-0.2, 0) is 12.7 Å². The molecule has 5 heteroatoms. The van der Waals surface area contributed by atoms with Gasteiger partial charge < -0.3 is 5.11 Å². The van der Waals surface area contributed by atoms with Crippen LogP contribution in [0, 0.1) is 5.41 Å². The van der Waals surface area contributed by atoms with Crippen molar-refractivity contribution in [1.82, 2.24) is 4.90 Å². The Labute approximate surface area is 128 Å². The van der Waals surface area contributed by atoms with Gasteiger partial charge in [-0.1, -0.05) is 24.6 Å². The van der Waals surface area contributed by atoms with E-state index in [0.717, 1.165) is 51.3 Å². The second-order valence-electron chi connectivity index (χ2n) is 6.78. The fourth-order valence-corrected chi connectivity index (χ4v) is 4.09. The van der Waals surface area contributed by atoms with Crippen LogP contribution in [0.15, 0.2) is 24.3 Å². The van der Waals surface area contributed by atoms with Crippen LogP contribution in [0.3, 0.4) is 0 Å². The summed E-state index contributed by atoms with van der Waals surface area (Å²) in [6.07, 6.45) is 0.449. The van der Waals surface area contributed by atoms with Gasteiger partial charge in [0.25, 0.3) is 0 Å². The summed E-state index contributed by atoms with van der Waals surface area (Å²) in [5.74, 6) is 0. The predicted molar refractivity (Wildman–Crippen MR) is 78.2 cm³/mol. The summed E-state index contributed by atoms with van der Waals surface area (Å²) in [6, 6.07) is 5.58. The van der Waals surface area contributed by atoms with Crippen LogP contribution >= 0.6 is 0 Å². The van der Waals surface area contributed by atoms with Crippen molar-refractivity contribution in [2.24, 2.45) is 5.41 Å². The topological polar surface area (TPSA) is 23.5 Å². The quantitative estimate of drug-likeness (QED) is 0.897. The first-order valence-corrected chi connectivity index (χ1v) is 7.96. The Balaban J connectivity index is 1.71. The van der Waals surface area contributed by atoms with Crippen LogP contribution in [0.25, 0.3) is 0 Å². The zero-order chi connectivity index (χ0) is 15.8. The molecule has 1 heterocycles. The lowest BCUT2D eigenvalue weighted by Gasteiger charge is -2.42. The van der Waals surface area contributed by atoms with Crippen LogP contribution in [0.5, 0.6) is 0 Å². The zero-order valence-electron chi connectivity index (χ0n) is 12.6. The van der Waals surface area contributed by atoms with Crippen LogP contribution in [0.2, 0.25) is 0 Å². The number of aliphatic hydroxyl groups is 1. The smallest absolute Gasteiger partial charge is 0.393 e. The predicted octanol–water partition coefficient (Wildman–Crippen LogP) is 3.83. The first-order chi connectivity index (χ1) is 10.4. The molecule has 1 saturated heterocycles. The molecule has 122 valence electrons. The Hall–Kier alpha value is -1.07. The first-order valence-electron chi connectivity index (χ1n) is 7.96. The number of benzene rings is 1. The standard InChI is InChI=1S/C17H22F3NO/c18-17(19,20)14-5-1-4-13(10-14)11-21-9-3-8-16(12-21)7-2-6-15(16)22/h1,4-5,10,15,22H,2-3,6-9,11-12H2/t15-,16+/m1/s1. The fraction of sp³-hybridized carbons (Fsp3) is 0.647. The maximum Gasteiger partial charge on any atom is 0.416 e. The summed E-state index contributed by atoms with van der Waals surface area (Å²) >= 11 is 0. The highest BCUT2D eigenvalue weighted by Crippen LogP contribution is 2.45. The van der Waals surface area contributed by atoms with Crippen molar-refractivity contribution in [3.05, 3.63) is 35.4 Å². The van der Waals surface area contributed by atoms with E-state index in [9.17, 15) is 18.3 Å². The molecular formula is C17H22F3NO. The third kappa shape index (κ3) is 3.15. The number of rotatable bonds is 2. The average molecular weight is 313 g/mol. The molecule has 1 saturated carbocycles. The van der Waals surface area contributed by atoms with E-state index in [0.29, 0.717) is 12.1 Å². The van der Waals surface area contributed by atoms with Crippen molar-refractivity contribution < 1.29 is 18.3 Å². The maximum atomic E-state index is 12.8. The number of piperidine rings is 1. The van der Waals surface area contributed by atoms with Crippen molar-refractivity contribution in [2.75, 3.05) is 13.1 Å². The lowest BCUT2D eigenvalue weighted by Crippen LogP contribution is -2.46. The summed E-state index contributed by atoms with van der Waals surface area (Å²) in [4.78, 5) is 2.20. The molecule has 0 aromatic heterocycles. The van der Waals surface area contributed by atoms with E-state index in [4.69, 9.17) is 0 Å². The van der Waals surface area contributed by atoms with Gasteiger partial charge in [-0.05, 0) is 43.9 Å². The molecule has 0 radical (unpaired) electrons. The molecule has 1 N–H and O–H groups in total. The second kappa shape index (κ2) is 5.85. The molecule has 1 aromatic rings. The maximum absolute atomic E-state index is 12.8. The van der Waals surface area contributed by atoms with Gasteiger partial charge in [-0.3, -0.25) is 4.90 Å². The Morgan fingerprint density at radius 1 is 1.23 bits per heavy atom. The SMILES string of the molecule is O[C@@H]1CCC[C@@]12CCCN(Cc1cccc(C(F)(F)F)c1)C2. The van der Waals surface area contributed by atoms with Gasteiger partial charge in [-0.15, -0.1) is 0 Å². The lowest BCUT2D eigenvalue weighted by molar-refractivity contribution is -0.137.